The van der Waals surface area contributed by atoms with Crippen LogP contribution in [0.4, 0.5) is 10.7 Å². The summed E-state index contributed by atoms with van der Waals surface area (Å²) < 4.78 is 0. The minimum atomic E-state index is -0.369. The molecule has 0 aromatic carbocycles. The van der Waals surface area contributed by atoms with Gasteiger partial charge in [-0.05, 0) is 55.0 Å². The van der Waals surface area contributed by atoms with E-state index >= 15 is 0 Å². The van der Waals surface area contributed by atoms with Crippen LogP contribution in [0.2, 0.25) is 0 Å². The SMILES string of the molecule is NC1CC2(CCN(c3nccc(/C=C4/SC(=O)NC4=O)n3)CC2)C1. The zero-order chi connectivity index (χ0) is 16.7. The summed E-state index contributed by atoms with van der Waals surface area (Å²) in [6.45, 7) is 1.86. The van der Waals surface area contributed by atoms with Crippen LogP contribution in [0.15, 0.2) is 17.2 Å². The van der Waals surface area contributed by atoms with Gasteiger partial charge in [0.15, 0.2) is 0 Å². The number of piperidine rings is 1. The van der Waals surface area contributed by atoms with Crippen molar-refractivity contribution >= 4 is 34.9 Å². The summed E-state index contributed by atoms with van der Waals surface area (Å²) in [4.78, 5) is 34.3. The highest BCUT2D eigenvalue weighted by atomic mass is 32.2. The van der Waals surface area contributed by atoms with Gasteiger partial charge in [-0.25, -0.2) is 9.97 Å². The number of thioether (sulfide) groups is 1. The monoisotopic (exact) mass is 345 g/mol. The van der Waals surface area contributed by atoms with Crippen LogP contribution < -0.4 is 16.0 Å². The largest absolute Gasteiger partial charge is 0.341 e. The number of rotatable bonds is 2. The average Bonchev–Trinajstić information content (AvgIpc) is 2.85. The van der Waals surface area contributed by atoms with Crippen molar-refractivity contribution in [3.8, 4) is 0 Å². The van der Waals surface area contributed by atoms with E-state index in [1.807, 2.05) is 0 Å². The summed E-state index contributed by atoms with van der Waals surface area (Å²) in [5.74, 6) is 0.309. The lowest BCUT2D eigenvalue weighted by Crippen LogP contribution is -2.52. The van der Waals surface area contributed by atoms with E-state index in [4.69, 9.17) is 5.73 Å². The molecule has 24 heavy (non-hydrogen) atoms. The number of carbonyl (C=O) groups excluding carboxylic acids is 2. The van der Waals surface area contributed by atoms with Crippen LogP contribution in [-0.2, 0) is 4.79 Å². The number of carbonyl (C=O) groups is 2. The summed E-state index contributed by atoms with van der Waals surface area (Å²) in [6, 6.07) is 2.12. The molecule has 1 aromatic rings. The molecule has 0 bridgehead atoms. The van der Waals surface area contributed by atoms with Crippen molar-refractivity contribution in [1.82, 2.24) is 15.3 Å². The minimum Gasteiger partial charge on any atom is -0.341 e. The van der Waals surface area contributed by atoms with Crippen molar-refractivity contribution in [2.45, 2.75) is 31.7 Å². The van der Waals surface area contributed by atoms with Gasteiger partial charge in [0.25, 0.3) is 11.1 Å². The van der Waals surface area contributed by atoms with Gasteiger partial charge in [0, 0.05) is 25.3 Å². The first-order chi connectivity index (χ1) is 11.5. The number of nitrogens with two attached hydrogens (primary N) is 1. The lowest BCUT2D eigenvalue weighted by atomic mass is 9.61. The van der Waals surface area contributed by atoms with Gasteiger partial charge in [0.05, 0.1) is 10.6 Å². The molecule has 7 nitrogen and oxygen atoms in total. The average molecular weight is 345 g/mol. The summed E-state index contributed by atoms with van der Waals surface area (Å²) in [5.41, 5.74) is 7.02. The van der Waals surface area contributed by atoms with Crippen molar-refractivity contribution in [3.63, 3.8) is 0 Å². The Morgan fingerprint density at radius 1 is 1.33 bits per heavy atom. The number of nitrogens with one attached hydrogen (secondary N) is 1. The van der Waals surface area contributed by atoms with Crippen molar-refractivity contribution in [2.75, 3.05) is 18.0 Å². The molecule has 1 saturated carbocycles. The van der Waals surface area contributed by atoms with Gasteiger partial charge in [-0.1, -0.05) is 0 Å². The smallest absolute Gasteiger partial charge is 0.290 e. The summed E-state index contributed by atoms with van der Waals surface area (Å²) >= 11 is 0.896. The summed E-state index contributed by atoms with van der Waals surface area (Å²) in [5, 5.41) is 1.90. The van der Waals surface area contributed by atoms with Crippen LogP contribution >= 0.6 is 11.8 Å². The van der Waals surface area contributed by atoms with Crippen LogP contribution in [0.3, 0.4) is 0 Å². The van der Waals surface area contributed by atoms with Gasteiger partial charge in [0.2, 0.25) is 5.95 Å². The van der Waals surface area contributed by atoms with E-state index in [0.717, 1.165) is 50.5 Å². The molecule has 1 aromatic heterocycles. The third-order valence-corrected chi connectivity index (χ3v) is 5.89. The van der Waals surface area contributed by atoms with Gasteiger partial charge in [-0.3, -0.25) is 14.9 Å². The third-order valence-electron chi connectivity index (χ3n) is 5.08. The Hall–Kier alpha value is -1.93. The first-order valence-electron chi connectivity index (χ1n) is 8.11. The van der Waals surface area contributed by atoms with E-state index in [1.54, 1.807) is 18.3 Å². The highest BCUT2D eigenvalue weighted by molar-refractivity contribution is 8.18. The Balaban J connectivity index is 1.47. The molecule has 1 aliphatic carbocycles. The second-order valence-corrected chi connectivity index (χ2v) is 7.80. The Kier molecular flexibility index (Phi) is 3.80. The summed E-state index contributed by atoms with van der Waals surface area (Å²) in [6.07, 6.45) is 7.84. The molecular weight excluding hydrogens is 326 g/mol. The second-order valence-electron chi connectivity index (χ2n) is 6.79. The number of nitrogens with zero attached hydrogens (tertiary/aromatic N) is 3. The topological polar surface area (TPSA) is 101 Å². The molecular formula is C16H19N5O2S. The van der Waals surface area contributed by atoms with Gasteiger partial charge in [0.1, 0.15) is 0 Å². The second kappa shape index (κ2) is 5.86. The predicted octanol–water partition coefficient (Wildman–Crippen LogP) is 1.51. The Labute approximate surface area is 144 Å². The van der Waals surface area contributed by atoms with Gasteiger partial charge in [-0.15, -0.1) is 0 Å². The number of anilines is 1. The molecule has 3 aliphatic rings. The molecule has 126 valence electrons. The quantitative estimate of drug-likeness (QED) is 0.783. The number of hydrogen-bond acceptors (Lipinski definition) is 7. The van der Waals surface area contributed by atoms with E-state index in [9.17, 15) is 9.59 Å². The first-order valence-corrected chi connectivity index (χ1v) is 8.93. The fraction of sp³-hybridized carbons (Fsp3) is 0.500. The highest BCUT2D eigenvalue weighted by Crippen LogP contribution is 2.48. The molecule has 8 heteroatoms. The minimum absolute atomic E-state index is 0.347. The van der Waals surface area contributed by atoms with Crippen LogP contribution in [0, 0.1) is 5.41 Å². The predicted molar refractivity (Wildman–Crippen MR) is 92.2 cm³/mol. The van der Waals surface area contributed by atoms with E-state index in [-0.39, 0.29) is 11.1 Å². The first kappa shape index (κ1) is 15.6. The molecule has 0 unspecified atom stereocenters. The van der Waals surface area contributed by atoms with Crippen LogP contribution in [-0.4, -0.2) is 40.2 Å². The lowest BCUT2D eigenvalue weighted by Gasteiger charge is -2.51. The maximum Gasteiger partial charge on any atom is 0.290 e. The fourth-order valence-corrected chi connectivity index (χ4v) is 4.46. The Morgan fingerprint density at radius 3 is 2.71 bits per heavy atom. The van der Waals surface area contributed by atoms with Gasteiger partial charge in [-0.2, -0.15) is 0 Å². The zero-order valence-corrected chi connectivity index (χ0v) is 14.0. The third kappa shape index (κ3) is 2.91. The van der Waals surface area contributed by atoms with Crippen LogP contribution in [0.1, 0.15) is 31.4 Å². The van der Waals surface area contributed by atoms with E-state index < -0.39 is 0 Å². The number of amides is 2. The zero-order valence-electron chi connectivity index (χ0n) is 13.2. The number of aromatic nitrogens is 2. The van der Waals surface area contributed by atoms with E-state index in [1.165, 1.54) is 0 Å². The van der Waals surface area contributed by atoms with Crippen LogP contribution in [0.5, 0.6) is 0 Å². The number of imide groups is 1. The van der Waals surface area contributed by atoms with Crippen molar-refractivity contribution < 1.29 is 9.59 Å². The Bertz CT molecular complexity index is 719. The maximum atomic E-state index is 11.6. The molecule has 0 atom stereocenters. The summed E-state index contributed by atoms with van der Waals surface area (Å²) in [7, 11) is 0. The molecule has 0 radical (unpaired) electrons. The molecule has 2 amide bonds. The van der Waals surface area contributed by atoms with E-state index in [0.29, 0.717) is 28.0 Å². The molecule has 3 heterocycles. The molecule has 2 saturated heterocycles. The molecule has 2 aliphatic heterocycles. The normalized spacial score (nSPS) is 25.2. The molecule has 4 rings (SSSR count). The number of hydrogen-bond donors (Lipinski definition) is 2. The highest BCUT2D eigenvalue weighted by Gasteiger charge is 2.44. The fourth-order valence-electron chi connectivity index (χ4n) is 3.79. The van der Waals surface area contributed by atoms with Crippen molar-refractivity contribution in [2.24, 2.45) is 11.1 Å². The van der Waals surface area contributed by atoms with Crippen LogP contribution in [0.25, 0.3) is 6.08 Å². The van der Waals surface area contributed by atoms with Gasteiger partial charge < -0.3 is 10.6 Å². The van der Waals surface area contributed by atoms with Gasteiger partial charge >= 0.3 is 0 Å². The maximum absolute atomic E-state index is 11.6. The molecule has 3 fully saturated rings. The lowest BCUT2D eigenvalue weighted by molar-refractivity contribution is -0.115. The molecule has 1 spiro atoms. The Morgan fingerprint density at radius 2 is 2.08 bits per heavy atom. The van der Waals surface area contributed by atoms with Crippen molar-refractivity contribution in [1.29, 1.82) is 0 Å². The van der Waals surface area contributed by atoms with E-state index in [2.05, 4.69) is 20.2 Å². The molecule has 3 N–H and O–H groups in total. The van der Waals surface area contributed by atoms with Crippen molar-refractivity contribution in [3.05, 3.63) is 22.9 Å². The standard InChI is InChI=1S/C16H19N5O2S/c17-10-8-16(9-10)2-5-21(6-3-16)14-18-4-1-11(19-14)7-12-13(22)20-15(23)24-12/h1,4,7,10H,2-3,5-6,8-9,17H2,(H,20,22,23)/b12-7+.